The predicted octanol–water partition coefficient (Wildman–Crippen LogP) is 3.06. The van der Waals surface area contributed by atoms with Crippen LogP contribution in [0.3, 0.4) is 0 Å². The lowest BCUT2D eigenvalue weighted by Gasteiger charge is -2.11. The zero-order valence-electron chi connectivity index (χ0n) is 12.2. The number of carbonyl (C=O) groups excluding carboxylic acids is 1. The van der Waals surface area contributed by atoms with Crippen molar-refractivity contribution >= 4 is 17.4 Å². The minimum absolute atomic E-state index is 0.00774. The Balaban J connectivity index is 2.03. The van der Waals surface area contributed by atoms with Crippen LogP contribution in [0.1, 0.15) is 5.56 Å². The number of carbonyl (C=O) groups is 1. The number of urea groups is 1. The summed E-state index contributed by atoms with van der Waals surface area (Å²) in [5.74, 6) is -0.263. The topological polar surface area (TPSA) is 93.5 Å². The van der Waals surface area contributed by atoms with E-state index in [0.717, 1.165) is 0 Å². The first-order valence-electron chi connectivity index (χ1n) is 6.62. The lowest BCUT2D eigenvalue weighted by atomic mass is 10.2. The monoisotopic (exact) mass is 319 g/mol. The van der Waals surface area contributed by atoms with Crippen LogP contribution < -0.4 is 15.4 Å². The third-order valence-corrected chi connectivity index (χ3v) is 3.04. The number of halogens is 1. The number of nitrogens with one attached hydrogen (secondary N) is 2. The Morgan fingerprint density at radius 2 is 2.04 bits per heavy atom. The molecule has 0 spiro atoms. The Hall–Kier alpha value is -3.16. The number of rotatable bonds is 5. The van der Waals surface area contributed by atoms with Crippen LogP contribution in [0.2, 0.25) is 0 Å². The number of nitro benzene ring substituents is 1. The average Bonchev–Trinajstić information content (AvgIpc) is 2.54. The summed E-state index contributed by atoms with van der Waals surface area (Å²) in [6, 6.07) is 9.30. The van der Waals surface area contributed by atoms with Crippen molar-refractivity contribution < 1.29 is 18.8 Å². The van der Waals surface area contributed by atoms with Crippen molar-refractivity contribution in [3.63, 3.8) is 0 Å². The van der Waals surface area contributed by atoms with Crippen LogP contribution in [0.15, 0.2) is 42.5 Å². The molecule has 7 nitrogen and oxygen atoms in total. The summed E-state index contributed by atoms with van der Waals surface area (Å²) in [4.78, 5) is 22.0. The van der Waals surface area contributed by atoms with Gasteiger partial charge in [-0.2, -0.15) is 0 Å². The lowest BCUT2D eigenvalue weighted by molar-refractivity contribution is -0.384. The maximum absolute atomic E-state index is 13.5. The molecule has 0 atom stereocenters. The number of non-ortho nitro benzene ring substituents is 1. The van der Waals surface area contributed by atoms with Crippen molar-refractivity contribution in [2.75, 3.05) is 12.4 Å². The van der Waals surface area contributed by atoms with Crippen molar-refractivity contribution in [2.24, 2.45) is 0 Å². The van der Waals surface area contributed by atoms with Gasteiger partial charge in [0.2, 0.25) is 0 Å². The van der Waals surface area contributed by atoms with Gasteiger partial charge in [0.25, 0.3) is 5.69 Å². The minimum atomic E-state index is -0.583. The van der Waals surface area contributed by atoms with Gasteiger partial charge in [0, 0.05) is 18.2 Å². The molecule has 0 bridgehead atoms. The van der Waals surface area contributed by atoms with Crippen molar-refractivity contribution in [2.45, 2.75) is 6.54 Å². The fourth-order valence-electron chi connectivity index (χ4n) is 1.88. The molecule has 0 radical (unpaired) electrons. The number of ether oxygens (including phenoxy) is 1. The predicted molar refractivity (Wildman–Crippen MR) is 81.9 cm³/mol. The van der Waals surface area contributed by atoms with Crippen LogP contribution >= 0.6 is 0 Å². The van der Waals surface area contributed by atoms with Crippen molar-refractivity contribution in [1.82, 2.24) is 5.32 Å². The third-order valence-electron chi connectivity index (χ3n) is 3.04. The first-order valence-corrected chi connectivity index (χ1v) is 6.62. The van der Waals surface area contributed by atoms with Gasteiger partial charge in [-0.1, -0.05) is 18.2 Å². The molecule has 0 saturated heterocycles. The summed E-state index contributed by atoms with van der Waals surface area (Å²) in [6.07, 6.45) is 0. The summed E-state index contributed by atoms with van der Waals surface area (Å²) in [6.45, 7) is 0.00774. The SMILES string of the molecule is COc1cc([N+](=O)[O-])ccc1NC(=O)NCc1ccccc1F. The van der Waals surface area contributed by atoms with E-state index in [0.29, 0.717) is 5.56 Å². The van der Waals surface area contributed by atoms with Gasteiger partial charge < -0.3 is 15.4 Å². The number of hydrogen-bond acceptors (Lipinski definition) is 4. The van der Waals surface area contributed by atoms with E-state index in [1.807, 2.05) is 0 Å². The maximum Gasteiger partial charge on any atom is 0.319 e. The first kappa shape index (κ1) is 16.2. The van der Waals surface area contributed by atoms with E-state index in [1.165, 1.54) is 31.4 Å². The van der Waals surface area contributed by atoms with E-state index in [1.54, 1.807) is 18.2 Å². The number of methoxy groups -OCH3 is 1. The quantitative estimate of drug-likeness (QED) is 0.654. The molecule has 0 aliphatic heterocycles. The zero-order valence-corrected chi connectivity index (χ0v) is 12.2. The summed E-state index contributed by atoms with van der Waals surface area (Å²) < 4.78 is 18.5. The normalized spacial score (nSPS) is 10.0. The van der Waals surface area contributed by atoms with Gasteiger partial charge >= 0.3 is 6.03 Å². The molecule has 2 N–H and O–H groups in total. The van der Waals surface area contributed by atoms with E-state index in [4.69, 9.17) is 4.74 Å². The Bertz CT molecular complexity index is 736. The molecule has 0 saturated carbocycles. The van der Waals surface area contributed by atoms with E-state index < -0.39 is 16.8 Å². The molecule has 0 heterocycles. The van der Waals surface area contributed by atoms with E-state index in [2.05, 4.69) is 10.6 Å². The fourth-order valence-corrected chi connectivity index (χ4v) is 1.88. The molecular weight excluding hydrogens is 305 g/mol. The van der Waals surface area contributed by atoms with E-state index in [9.17, 15) is 19.3 Å². The van der Waals surface area contributed by atoms with Gasteiger partial charge in [-0.25, -0.2) is 9.18 Å². The molecule has 0 aromatic heterocycles. The Morgan fingerprint density at radius 1 is 1.30 bits per heavy atom. The fraction of sp³-hybridized carbons (Fsp3) is 0.133. The van der Waals surface area contributed by atoms with E-state index >= 15 is 0 Å². The molecule has 0 unspecified atom stereocenters. The second-order valence-corrected chi connectivity index (χ2v) is 4.54. The van der Waals surface area contributed by atoms with Crippen molar-refractivity contribution in [3.8, 4) is 5.75 Å². The summed E-state index contributed by atoms with van der Waals surface area (Å²) in [5.41, 5.74) is 0.460. The van der Waals surface area contributed by atoms with Gasteiger partial charge in [-0.05, 0) is 12.1 Å². The lowest BCUT2D eigenvalue weighted by Crippen LogP contribution is -2.28. The molecule has 2 aromatic carbocycles. The van der Waals surface area contributed by atoms with Crippen LogP contribution in [0.25, 0.3) is 0 Å². The first-order chi connectivity index (χ1) is 11.0. The van der Waals surface area contributed by atoms with Gasteiger partial charge in [0.15, 0.2) is 0 Å². The third kappa shape index (κ3) is 4.16. The second kappa shape index (κ2) is 7.21. The van der Waals surface area contributed by atoms with E-state index in [-0.39, 0.29) is 23.7 Å². The standard InChI is InChI=1S/C15H14FN3O4/c1-23-14-8-11(19(21)22)6-7-13(14)18-15(20)17-9-10-4-2-3-5-12(10)16/h2-8H,9H2,1H3,(H2,17,18,20). The van der Waals surface area contributed by atoms with Crippen LogP contribution in [0, 0.1) is 15.9 Å². The van der Waals surface area contributed by atoms with Gasteiger partial charge in [0.05, 0.1) is 23.8 Å². The van der Waals surface area contributed by atoms with Crippen molar-refractivity contribution in [1.29, 1.82) is 0 Å². The number of hydrogen-bond donors (Lipinski definition) is 2. The second-order valence-electron chi connectivity index (χ2n) is 4.54. The molecule has 8 heteroatoms. The van der Waals surface area contributed by atoms with Crippen LogP contribution in [-0.2, 0) is 6.54 Å². The molecule has 23 heavy (non-hydrogen) atoms. The Kier molecular flexibility index (Phi) is 5.08. The molecule has 0 aliphatic carbocycles. The number of nitrogens with zero attached hydrogens (tertiary/aromatic N) is 1. The van der Waals surface area contributed by atoms with Gasteiger partial charge in [-0.3, -0.25) is 10.1 Å². The molecule has 0 aliphatic rings. The summed E-state index contributed by atoms with van der Waals surface area (Å²) in [5, 5.41) is 15.7. The highest BCUT2D eigenvalue weighted by molar-refractivity contribution is 5.91. The number of nitro groups is 1. The number of benzene rings is 2. The molecular formula is C15H14FN3O4. The van der Waals surface area contributed by atoms with Crippen LogP contribution in [-0.4, -0.2) is 18.1 Å². The highest BCUT2D eigenvalue weighted by atomic mass is 19.1. The Morgan fingerprint density at radius 3 is 2.70 bits per heavy atom. The van der Waals surface area contributed by atoms with Crippen molar-refractivity contribution in [3.05, 3.63) is 64.0 Å². The highest BCUT2D eigenvalue weighted by Crippen LogP contribution is 2.28. The highest BCUT2D eigenvalue weighted by Gasteiger charge is 2.13. The largest absolute Gasteiger partial charge is 0.494 e. The summed E-state index contributed by atoms with van der Waals surface area (Å²) >= 11 is 0. The minimum Gasteiger partial charge on any atom is -0.494 e. The van der Waals surface area contributed by atoms with Crippen LogP contribution in [0.4, 0.5) is 20.6 Å². The average molecular weight is 319 g/mol. The molecule has 2 rings (SSSR count). The zero-order chi connectivity index (χ0) is 16.8. The smallest absolute Gasteiger partial charge is 0.319 e. The number of anilines is 1. The molecule has 120 valence electrons. The van der Waals surface area contributed by atoms with Gasteiger partial charge in [-0.15, -0.1) is 0 Å². The number of amides is 2. The van der Waals surface area contributed by atoms with Gasteiger partial charge in [0.1, 0.15) is 11.6 Å². The molecule has 2 aromatic rings. The maximum atomic E-state index is 13.5. The van der Waals surface area contributed by atoms with Crippen LogP contribution in [0.5, 0.6) is 5.75 Å². The Labute approximate surface area is 131 Å². The molecule has 2 amide bonds. The molecule has 0 fully saturated rings. The summed E-state index contributed by atoms with van der Waals surface area (Å²) in [7, 11) is 1.33.